The summed E-state index contributed by atoms with van der Waals surface area (Å²) in [6.07, 6.45) is 4.36. The van der Waals surface area contributed by atoms with Gasteiger partial charge in [-0.3, -0.25) is 9.69 Å². The van der Waals surface area contributed by atoms with E-state index in [2.05, 4.69) is 15.4 Å². The fourth-order valence-corrected chi connectivity index (χ4v) is 3.29. The van der Waals surface area contributed by atoms with E-state index in [4.69, 9.17) is 16.1 Å². The van der Waals surface area contributed by atoms with Crippen LogP contribution < -0.4 is 5.32 Å². The zero-order valence-corrected chi connectivity index (χ0v) is 14.6. The zero-order valence-electron chi connectivity index (χ0n) is 13.8. The quantitative estimate of drug-likeness (QED) is 0.919. The highest BCUT2D eigenvalue weighted by Gasteiger charge is 2.24. The second-order valence-corrected chi connectivity index (χ2v) is 6.63. The number of carbonyl (C=O) groups excluding carboxylic acids is 1. The molecular weight excluding hydrogens is 326 g/mol. The summed E-state index contributed by atoms with van der Waals surface area (Å²) in [5.41, 5.74) is 1.49. The lowest BCUT2D eigenvalue weighted by atomic mass is 10.1. The Bertz CT molecular complexity index is 701. The van der Waals surface area contributed by atoms with Gasteiger partial charge in [-0.05, 0) is 38.6 Å². The molecule has 0 radical (unpaired) electrons. The Hall–Kier alpha value is -1.85. The van der Waals surface area contributed by atoms with Crippen LogP contribution in [-0.2, 0) is 11.3 Å². The van der Waals surface area contributed by atoms with Crippen molar-refractivity contribution in [1.82, 2.24) is 15.4 Å². The van der Waals surface area contributed by atoms with Crippen LogP contribution in [0.25, 0.3) is 11.3 Å². The summed E-state index contributed by atoms with van der Waals surface area (Å²) in [6, 6.07) is 9.22. The van der Waals surface area contributed by atoms with Gasteiger partial charge in [0.15, 0.2) is 5.76 Å². The van der Waals surface area contributed by atoms with Crippen LogP contribution in [-0.4, -0.2) is 35.6 Å². The second kappa shape index (κ2) is 7.81. The highest BCUT2D eigenvalue weighted by Crippen LogP contribution is 2.27. The van der Waals surface area contributed by atoms with Crippen LogP contribution in [0.1, 0.15) is 31.4 Å². The molecule has 1 amide bonds. The molecule has 1 saturated heterocycles. The van der Waals surface area contributed by atoms with Crippen molar-refractivity contribution in [2.24, 2.45) is 0 Å². The van der Waals surface area contributed by atoms with Gasteiger partial charge in [0.1, 0.15) is 5.69 Å². The van der Waals surface area contributed by atoms with Gasteiger partial charge in [-0.15, -0.1) is 0 Å². The van der Waals surface area contributed by atoms with Gasteiger partial charge in [0, 0.05) is 11.6 Å². The molecule has 2 aromatic rings. The van der Waals surface area contributed by atoms with Crippen molar-refractivity contribution < 1.29 is 9.32 Å². The van der Waals surface area contributed by atoms with E-state index >= 15 is 0 Å². The van der Waals surface area contributed by atoms with Gasteiger partial charge in [-0.2, -0.15) is 0 Å². The summed E-state index contributed by atoms with van der Waals surface area (Å²) >= 11 is 6.17. The van der Waals surface area contributed by atoms with Crippen molar-refractivity contribution in [2.75, 3.05) is 13.6 Å². The van der Waals surface area contributed by atoms with E-state index < -0.39 is 0 Å². The number of halogens is 1. The molecule has 1 aromatic heterocycles. The van der Waals surface area contributed by atoms with Crippen molar-refractivity contribution in [1.29, 1.82) is 0 Å². The summed E-state index contributed by atoms with van der Waals surface area (Å²) in [6.45, 7) is 1.33. The predicted octanol–water partition coefficient (Wildman–Crippen LogP) is 3.49. The molecule has 24 heavy (non-hydrogen) atoms. The molecule has 6 heteroatoms. The van der Waals surface area contributed by atoms with Crippen LogP contribution >= 0.6 is 11.6 Å². The first-order valence-corrected chi connectivity index (χ1v) is 8.71. The van der Waals surface area contributed by atoms with Gasteiger partial charge >= 0.3 is 0 Å². The number of likely N-dealkylation sites (tertiary alicyclic amines) is 1. The Morgan fingerprint density at radius 1 is 1.38 bits per heavy atom. The molecule has 1 aliphatic rings. The number of amides is 1. The first-order valence-electron chi connectivity index (χ1n) is 8.33. The molecule has 128 valence electrons. The third kappa shape index (κ3) is 3.97. The minimum atomic E-state index is -0.0533. The summed E-state index contributed by atoms with van der Waals surface area (Å²) in [7, 11) is 2.02. The lowest BCUT2D eigenvalue weighted by Crippen LogP contribution is -2.44. The molecule has 1 aromatic carbocycles. The van der Waals surface area contributed by atoms with Gasteiger partial charge in [-0.1, -0.05) is 41.7 Å². The lowest BCUT2D eigenvalue weighted by Gasteiger charge is -2.24. The van der Waals surface area contributed by atoms with Crippen LogP contribution in [0.4, 0.5) is 0 Å². The monoisotopic (exact) mass is 347 g/mol. The number of aromatic nitrogens is 1. The van der Waals surface area contributed by atoms with E-state index in [1.54, 1.807) is 0 Å². The fourth-order valence-electron chi connectivity index (χ4n) is 3.06. The van der Waals surface area contributed by atoms with Gasteiger partial charge in [-0.25, -0.2) is 0 Å². The molecule has 1 fully saturated rings. The maximum atomic E-state index is 12.4. The van der Waals surface area contributed by atoms with Crippen molar-refractivity contribution in [2.45, 2.75) is 38.3 Å². The number of nitrogens with zero attached hydrogens (tertiary/aromatic N) is 2. The predicted molar refractivity (Wildman–Crippen MR) is 93.7 cm³/mol. The summed E-state index contributed by atoms with van der Waals surface area (Å²) < 4.78 is 5.35. The van der Waals surface area contributed by atoms with Crippen LogP contribution in [0.15, 0.2) is 34.9 Å². The molecule has 1 atom stereocenters. The van der Waals surface area contributed by atoms with Gasteiger partial charge < -0.3 is 9.84 Å². The molecular formula is C18H22ClN3O2. The Morgan fingerprint density at radius 2 is 2.21 bits per heavy atom. The van der Waals surface area contributed by atoms with Gasteiger partial charge in [0.05, 0.1) is 17.6 Å². The number of benzene rings is 1. The average molecular weight is 348 g/mol. The number of rotatable bonds is 4. The third-order valence-corrected chi connectivity index (χ3v) is 4.79. The average Bonchev–Trinajstić information content (AvgIpc) is 2.94. The minimum absolute atomic E-state index is 0.0533. The largest absolute Gasteiger partial charge is 0.356 e. The van der Waals surface area contributed by atoms with E-state index in [1.165, 1.54) is 6.42 Å². The molecule has 5 nitrogen and oxygen atoms in total. The standard InChI is InChI=1S/C18H22ClN3O2/c1-22-10-6-2-3-9-16(22)18(23)20-12-13-11-17(24-21-13)14-7-4-5-8-15(14)19/h4-5,7-8,11,16H,2-3,6,9-10,12H2,1H3,(H,20,23)/t16-/m1/s1. The van der Waals surface area contributed by atoms with Crippen LogP contribution in [0.3, 0.4) is 0 Å². The van der Waals surface area contributed by atoms with Crippen molar-refractivity contribution >= 4 is 17.5 Å². The van der Waals surface area contributed by atoms with Crippen molar-refractivity contribution in [3.63, 3.8) is 0 Å². The van der Waals surface area contributed by atoms with Crippen LogP contribution in [0.2, 0.25) is 5.02 Å². The van der Waals surface area contributed by atoms with E-state index in [1.807, 2.05) is 37.4 Å². The third-order valence-electron chi connectivity index (χ3n) is 4.47. The number of likely N-dealkylation sites (N-methyl/N-ethyl adjacent to an activating group) is 1. The highest BCUT2D eigenvalue weighted by molar-refractivity contribution is 6.33. The Labute approximate surface area is 147 Å². The Kier molecular flexibility index (Phi) is 5.53. The van der Waals surface area contributed by atoms with Gasteiger partial charge in [0.25, 0.3) is 0 Å². The number of hydrogen-bond acceptors (Lipinski definition) is 4. The van der Waals surface area contributed by atoms with Crippen molar-refractivity contribution in [3.8, 4) is 11.3 Å². The summed E-state index contributed by atoms with van der Waals surface area (Å²) in [4.78, 5) is 14.6. The normalized spacial score (nSPS) is 19.0. The molecule has 0 saturated carbocycles. The first kappa shape index (κ1) is 17.0. The molecule has 3 rings (SSSR count). The molecule has 0 aliphatic carbocycles. The van der Waals surface area contributed by atoms with E-state index in [-0.39, 0.29) is 11.9 Å². The number of hydrogen-bond donors (Lipinski definition) is 1. The lowest BCUT2D eigenvalue weighted by molar-refractivity contribution is -0.126. The maximum Gasteiger partial charge on any atom is 0.237 e. The Morgan fingerprint density at radius 3 is 3.04 bits per heavy atom. The van der Waals surface area contributed by atoms with Gasteiger partial charge in [0.2, 0.25) is 5.91 Å². The SMILES string of the molecule is CN1CCCCC[C@@H]1C(=O)NCc1cc(-c2ccccc2Cl)on1. The minimum Gasteiger partial charge on any atom is -0.356 e. The van der Waals surface area contributed by atoms with Crippen LogP contribution in [0, 0.1) is 0 Å². The molecule has 2 heterocycles. The number of carbonyl (C=O) groups is 1. The van der Waals surface area contributed by atoms with Crippen LogP contribution in [0.5, 0.6) is 0 Å². The summed E-state index contributed by atoms with van der Waals surface area (Å²) in [5.74, 6) is 0.665. The topological polar surface area (TPSA) is 58.4 Å². The maximum absolute atomic E-state index is 12.4. The summed E-state index contributed by atoms with van der Waals surface area (Å²) in [5, 5.41) is 7.61. The molecule has 0 unspecified atom stereocenters. The smallest absolute Gasteiger partial charge is 0.237 e. The molecule has 0 bridgehead atoms. The molecule has 0 spiro atoms. The molecule has 1 N–H and O–H groups in total. The zero-order chi connectivity index (χ0) is 16.9. The van der Waals surface area contributed by atoms with Crippen molar-refractivity contribution in [3.05, 3.63) is 41.0 Å². The Balaban J connectivity index is 1.61. The van der Waals surface area contributed by atoms with E-state index in [0.29, 0.717) is 23.0 Å². The number of nitrogens with one attached hydrogen (secondary N) is 1. The fraction of sp³-hybridized carbons (Fsp3) is 0.444. The molecule has 1 aliphatic heterocycles. The first-order chi connectivity index (χ1) is 11.6. The highest BCUT2D eigenvalue weighted by atomic mass is 35.5. The van der Waals surface area contributed by atoms with E-state index in [9.17, 15) is 4.79 Å². The van der Waals surface area contributed by atoms with E-state index in [0.717, 1.165) is 31.4 Å². The second-order valence-electron chi connectivity index (χ2n) is 6.23.